The number of carbonyl (C=O) groups is 2. The highest BCUT2D eigenvalue weighted by Crippen LogP contribution is 2.45. The van der Waals surface area contributed by atoms with E-state index in [4.69, 9.17) is 0 Å². The molecule has 2 amide bonds. The van der Waals surface area contributed by atoms with Crippen LogP contribution in [0.2, 0.25) is 0 Å². The molecule has 3 aromatic rings. The predicted molar refractivity (Wildman–Crippen MR) is 109 cm³/mol. The summed E-state index contributed by atoms with van der Waals surface area (Å²) in [7, 11) is 0. The molecule has 1 aromatic heterocycles. The number of likely N-dealkylation sites (tertiary alicyclic amines) is 2. The first-order valence-electron chi connectivity index (χ1n) is 9.94. The van der Waals surface area contributed by atoms with Gasteiger partial charge in [-0.25, -0.2) is 0 Å². The standard InChI is InChI=1S/C23H22N4O2/c1-15(28)27-13-17-12-26(14-19(17)22(27)16-6-3-2-4-7-16)23(29)18-8-5-9-20-21(18)25-11-10-24-20/h2-11,17,19,22H,12-14H2,1H3/t17-,19-,22+/m1/s1. The van der Waals surface area contributed by atoms with E-state index in [2.05, 4.69) is 22.1 Å². The maximum absolute atomic E-state index is 13.3. The van der Waals surface area contributed by atoms with Gasteiger partial charge in [0.1, 0.15) is 5.52 Å². The number of fused-ring (bicyclic) bond motifs is 2. The molecule has 0 saturated carbocycles. The van der Waals surface area contributed by atoms with E-state index in [1.807, 2.05) is 46.2 Å². The Morgan fingerprint density at radius 2 is 1.72 bits per heavy atom. The van der Waals surface area contributed by atoms with Crippen LogP contribution in [0.1, 0.15) is 28.9 Å². The van der Waals surface area contributed by atoms with Crippen molar-refractivity contribution in [3.63, 3.8) is 0 Å². The van der Waals surface area contributed by atoms with Crippen LogP contribution >= 0.6 is 0 Å². The Hall–Kier alpha value is -3.28. The van der Waals surface area contributed by atoms with Gasteiger partial charge in [-0.2, -0.15) is 0 Å². The number of amides is 2. The van der Waals surface area contributed by atoms with Gasteiger partial charge in [0.2, 0.25) is 5.91 Å². The molecule has 29 heavy (non-hydrogen) atoms. The summed E-state index contributed by atoms with van der Waals surface area (Å²) in [4.78, 5) is 38.2. The third-order valence-corrected chi connectivity index (χ3v) is 6.23. The molecule has 2 aliphatic heterocycles. The number of para-hydroxylation sites is 1. The van der Waals surface area contributed by atoms with Crippen molar-refractivity contribution in [1.29, 1.82) is 0 Å². The Bertz CT molecular complexity index is 1080. The van der Waals surface area contributed by atoms with E-state index in [1.54, 1.807) is 19.3 Å². The largest absolute Gasteiger partial charge is 0.338 e. The summed E-state index contributed by atoms with van der Waals surface area (Å²) in [5.74, 6) is 0.613. The van der Waals surface area contributed by atoms with E-state index >= 15 is 0 Å². The van der Waals surface area contributed by atoms with Gasteiger partial charge in [-0.15, -0.1) is 0 Å². The van der Waals surface area contributed by atoms with Gasteiger partial charge in [-0.3, -0.25) is 19.6 Å². The molecule has 0 N–H and O–H groups in total. The van der Waals surface area contributed by atoms with E-state index in [0.29, 0.717) is 30.7 Å². The first kappa shape index (κ1) is 17.8. The number of hydrogen-bond donors (Lipinski definition) is 0. The Balaban J connectivity index is 1.45. The number of benzene rings is 2. The van der Waals surface area contributed by atoms with Gasteiger partial charge in [0.05, 0.1) is 17.1 Å². The van der Waals surface area contributed by atoms with Crippen molar-refractivity contribution in [3.8, 4) is 0 Å². The monoisotopic (exact) mass is 386 g/mol. The van der Waals surface area contributed by atoms with Crippen molar-refractivity contribution >= 4 is 22.8 Å². The normalized spacial score (nSPS) is 23.4. The SMILES string of the molecule is CC(=O)N1C[C@H]2CN(C(=O)c3cccc4nccnc34)C[C@H]2[C@@H]1c1ccccc1. The fraction of sp³-hybridized carbons (Fsp3) is 0.304. The summed E-state index contributed by atoms with van der Waals surface area (Å²) in [6.07, 6.45) is 3.26. The maximum Gasteiger partial charge on any atom is 0.256 e. The number of nitrogens with zero attached hydrogens (tertiary/aromatic N) is 4. The molecule has 5 rings (SSSR count). The molecule has 0 unspecified atom stereocenters. The fourth-order valence-corrected chi connectivity index (χ4v) is 4.95. The molecule has 0 bridgehead atoms. The van der Waals surface area contributed by atoms with Gasteiger partial charge >= 0.3 is 0 Å². The molecule has 3 atom stereocenters. The minimum atomic E-state index is -0.00770. The van der Waals surface area contributed by atoms with E-state index < -0.39 is 0 Å². The lowest BCUT2D eigenvalue weighted by Gasteiger charge is -2.29. The Morgan fingerprint density at radius 3 is 2.52 bits per heavy atom. The van der Waals surface area contributed by atoms with Gasteiger partial charge in [-0.05, 0) is 17.7 Å². The molecule has 2 aromatic carbocycles. The van der Waals surface area contributed by atoms with Crippen molar-refractivity contribution in [2.45, 2.75) is 13.0 Å². The Labute approximate surface area is 169 Å². The van der Waals surface area contributed by atoms with Crippen LogP contribution in [0.15, 0.2) is 60.9 Å². The molecule has 0 spiro atoms. The summed E-state index contributed by atoms with van der Waals surface area (Å²) in [6.45, 7) is 3.63. The first-order valence-corrected chi connectivity index (χ1v) is 9.94. The summed E-state index contributed by atoms with van der Waals surface area (Å²) in [5.41, 5.74) is 3.10. The lowest BCUT2D eigenvalue weighted by atomic mass is 9.89. The molecule has 0 radical (unpaired) electrons. The zero-order valence-electron chi connectivity index (χ0n) is 16.2. The Kier molecular flexibility index (Phi) is 4.27. The lowest BCUT2D eigenvalue weighted by molar-refractivity contribution is -0.130. The zero-order chi connectivity index (χ0) is 20.0. The second-order valence-electron chi connectivity index (χ2n) is 7.89. The van der Waals surface area contributed by atoms with Crippen LogP contribution in [0, 0.1) is 11.8 Å². The molecule has 3 heterocycles. The average molecular weight is 386 g/mol. The minimum absolute atomic E-state index is 0.00770. The van der Waals surface area contributed by atoms with Crippen molar-refractivity contribution in [2.75, 3.05) is 19.6 Å². The molecule has 146 valence electrons. The molecular weight excluding hydrogens is 364 g/mol. The highest BCUT2D eigenvalue weighted by Gasteiger charge is 2.49. The van der Waals surface area contributed by atoms with Crippen LogP contribution in [0.5, 0.6) is 0 Å². The van der Waals surface area contributed by atoms with Crippen molar-refractivity contribution in [1.82, 2.24) is 19.8 Å². The van der Waals surface area contributed by atoms with E-state index in [0.717, 1.165) is 11.1 Å². The molecule has 2 fully saturated rings. The fourth-order valence-electron chi connectivity index (χ4n) is 4.95. The lowest BCUT2D eigenvalue weighted by Crippen LogP contribution is -2.36. The number of hydrogen-bond acceptors (Lipinski definition) is 4. The first-order chi connectivity index (χ1) is 14.1. The van der Waals surface area contributed by atoms with Gasteiger partial charge in [0.15, 0.2) is 0 Å². The predicted octanol–water partition coefficient (Wildman–Crippen LogP) is 2.92. The molecule has 2 saturated heterocycles. The second-order valence-corrected chi connectivity index (χ2v) is 7.89. The summed E-state index contributed by atoms with van der Waals surface area (Å²) >= 11 is 0. The van der Waals surface area contributed by atoms with Crippen LogP contribution in [-0.2, 0) is 4.79 Å². The van der Waals surface area contributed by atoms with Crippen molar-refractivity contribution < 1.29 is 9.59 Å². The van der Waals surface area contributed by atoms with E-state index in [-0.39, 0.29) is 29.7 Å². The molecule has 6 heteroatoms. The van der Waals surface area contributed by atoms with Gasteiger partial charge < -0.3 is 9.80 Å². The van der Waals surface area contributed by atoms with Gasteiger partial charge in [0.25, 0.3) is 5.91 Å². The average Bonchev–Trinajstić information content (AvgIpc) is 3.31. The van der Waals surface area contributed by atoms with Crippen LogP contribution in [0.25, 0.3) is 11.0 Å². The van der Waals surface area contributed by atoms with E-state index in [9.17, 15) is 9.59 Å². The number of aromatic nitrogens is 2. The zero-order valence-corrected chi connectivity index (χ0v) is 16.2. The second kappa shape index (κ2) is 6.95. The third kappa shape index (κ3) is 2.95. The van der Waals surface area contributed by atoms with Crippen LogP contribution in [0.3, 0.4) is 0 Å². The smallest absolute Gasteiger partial charge is 0.256 e. The highest BCUT2D eigenvalue weighted by molar-refractivity contribution is 6.04. The van der Waals surface area contributed by atoms with Crippen LogP contribution in [-0.4, -0.2) is 51.2 Å². The molecular formula is C23H22N4O2. The van der Waals surface area contributed by atoms with Gasteiger partial charge in [-0.1, -0.05) is 36.4 Å². The van der Waals surface area contributed by atoms with Crippen LogP contribution < -0.4 is 0 Å². The molecule has 0 aliphatic carbocycles. The van der Waals surface area contributed by atoms with E-state index in [1.165, 1.54) is 0 Å². The summed E-state index contributed by atoms with van der Waals surface area (Å²) < 4.78 is 0. The summed E-state index contributed by atoms with van der Waals surface area (Å²) in [6, 6.07) is 15.7. The Morgan fingerprint density at radius 1 is 0.931 bits per heavy atom. The molecule has 6 nitrogen and oxygen atoms in total. The topological polar surface area (TPSA) is 66.4 Å². The van der Waals surface area contributed by atoms with Crippen LogP contribution in [0.4, 0.5) is 0 Å². The number of carbonyl (C=O) groups excluding carboxylic acids is 2. The maximum atomic E-state index is 13.3. The quantitative estimate of drug-likeness (QED) is 0.679. The highest BCUT2D eigenvalue weighted by atomic mass is 16.2. The minimum Gasteiger partial charge on any atom is -0.338 e. The number of rotatable bonds is 2. The van der Waals surface area contributed by atoms with Gasteiger partial charge in [0, 0.05) is 50.8 Å². The molecule has 2 aliphatic rings. The van der Waals surface area contributed by atoms with Crippen molar-refractivity contribution in [2.24, 2.45) is 11.8 Å². The summed E-state index contributed by atoms with van der Waals surface area (Å²) in [5, 5.41) is 0. The third-order valence-electron chi connectivity index (χ3n) is 6.23. The van der Waals surface area contributed by atoms with Crippen molar-refractivity contribution in [3.05, 3.63) is 72.1 Å².